The van der Waals surface area contributed by atoms with Crippen molar-refractivity contribution >= 4 is 23.6 Å². The van der Waals surface area contributed by atoms with Crippen molar-refractivity contribution in [1.29, 1.82) is 0 Å². The molecular weight excluding hydrogens is 362 g/mol. The minimum atomic E-state index is -0.295. The van der Waals surface area contributed by atoms with E-state index in [4.69, 9.17) is 0 Å². The number of nitrogens with one attached hydrogen (secondary N) is 2. The topological polar surface area (TPSA) is 88.9 Å². The van der Waals surface area contributed by atoms with Crippen LogP contribution in [0.3, 0.4) is 0 Å². The number of amides is 2. The van der Waals surface area contributed by atoms with Gasteiger partial charge in [-0.3, -0.25) is 9.59 Å². The van der Waals surface area contributed by atoms with Gasteiger partial charge in [0.05, 0.1) is 11.8 Å². The molecule has 0 unspecified atom stereocenters. The smallest absolute Gasteiger partial charge is 0.251 e. The fraction of sp³-hybridized carbons (Fsp3) is 0.474. The molecule has 144 valence electrons. The molecule has 1 atom stereocenters. The zero-order chi connectivity index (χ0) is 19.2. The quantitative estimate of drug-likeness (QED) is 0.713. The highest BCUT2D eigenvalue weighted by molar-refractivity contribution is 7.99. The lowest BCUT2D eigenvalue weighted by Crippen LogP contribution is -2.33. The summed E-state index contributed by atoms with van der Waals surface area (Å²) in [6.07, 6.45) is 4.53. The molecule has 1 aromatic heterocycles. The van der Waals surface area contributed by atoms with E-state index in [1.807, 2.05) is 36.7 Å². The zero-order valence-corrected chi connectivity index (χ0v) is 16.5. The molecule has 8 heteroatoms. The summed E-state index contributed by atoms with van der Waals surface area (Å²) in [6.45, 7) is 1.87. The van der Waals surface area contributed by atoms with E-state index in [9.17, 15) is 9.59 Å². The van der Waals surface area contributed by atoms with Crippen LogP contribution in [0.1, 0.15) is 54.8 Å². The van der Waals surface area contributed by atoms with Crippen molar-refractivity contribution < 1.29 is 9.59 Å². The molecule has 0 radical (unpaired) electrons. The maximum absolute atomic E-state index is 12.3. The minimum Gasteiger partial charge on any atom is -0.353 e. The third-order valence-electron chi connectivity index (χ3n) is 4.69. The van der Waals surface area contributed by atoms with Crippen LogP contribution in [0.15, 0.2) is 35.5 Å². The SMILES string of the molecule is C[C@@H](NC(=O)c1ccccc1)c1nnc(SCC(=O)NC2CCCC2)n1C. The third kappa shape index (κ3) is 5.09. The van der Waals surface area contributed by atoms with Gasteiger partial charge in [0.1, 0.15) is 0 Å². The van der Waals surface area contributed by atoms with Crippen LogP contribution in [-0.4, -0.2) is 38.4 Å². The normalized spacial score (nSPS) is 15.5. The van der Waals surface area contributed by atoms with E-state index in [0.29, 0.717) is 28.3 Å². The number of carbonyl (C=O) groups is 2. The molecule has 0 aliphatic heterocycles. The second-order valence-electron chi connectivity index (χ2n) is 6.80. The van der Waals surface area contributed by atoms with Crippen LogP contribution >= 0.6 is 11.8 Å². The molecule has 2 aromatic rings. The second kappa shape index (κ2) is 9.03. The van der Waals surface area contributed by atoms with Gasteiger partial charge in [-0.25, -0.2) is 0 Å². The van der Waals surface area contributed by atoms with Gasteiger partial charge in [-0.05, 0) is 31.9 Å². The van der Waals surface area contributed by atoms with E-state index < -0.39 is 0 Å². The van der Waals surface area contributed by atoms with Gasteiger partial charge >= 0.3 is 0 Å². The number of nitrogens with zero attached hydrogens (tertiary/aromatic N) is 3. The molecule has 1 saturated carbocycles. The first-order chi connectivity index (χ1) is 13.0. The van der Waals surface area contributed by atoms with Crippen LogP contribution in [0, 0.1) is 0 Å². The van der Waals surface area contributed by atoms with Crippen LogP contribution in [0.5, 0.6) is 0 Å². The molecule has 1 aliphatic rings. The molecule has 2 N–H and O–H groups in total. The van der Waals surface area contributed by atoms with E-state index in [-0.39, 0.29) is 17.9 Å². The highest BCUT2D eigenvalue weighted by atomic mass is 32.2. The van der Waals surface area contributed by atoms with Crippen molar-refractivity contribution in [2.24, 2.45) is 7.05 Å². The Morgan fingerprint density at radius 2 is 1.93 bits per heavy atom. The number of rotatable bonds is 7. The summed E-state index contributed by atoms with van der Waals surface area (Å²) in [6, 6.07) is 9.08. The number of benzene rings is 1. The van der Waals surface area contributed by atoms with Crippen molar-refractivity contribution in [2.45, 2.75) is 49.8 Å². The van der Waals surface area contributed by atoms with Crippen LogP contribution < -0.4 is 10.6 Å². The Balaban J connectivity index is 1.54. The number of aromatic nitrogens is 3. The van der Waals surface area contributed by atoms with Gasteiger partial charge < -0.3 is 15.2 Å². The largest absolute Gasteiger partial charge is 0.353 e. The molecule has 3 rings (SSSR count). The van der Waals surface area contributed by atoms with Gasteiger partial charge in [-0.15, -0.1) is 10.2 Å². The van der Waals surface area contributed by atoms with Gasteiger partial charge in [-0.2, -0.15) is 0 Å². The van der Waals surface area contributed by atoms with Crippen LogP contribution in [0.2, 0.25) is 0 Å². The summed E-state index contributed by atoms with van der Waals surface area (Å²) in [7, 11) is 1.84. The third-order valence-corrected chi connectivity index (χ3v) is 5.71. The Morgan fingerprint density at radius 1 is 1.22 bits per heavy atom. The van der Waals surface area contributed by atoms with Crippen LogP contribution in [-0.2, 0) is 11.8 Å². The van der Waals surface area contributed by atoms with Gasteiger partial charge in [0.2, 0.25) is 5.91 Å². The molecule has 1 fully saturated rings. The zero-order valence-electron chi connectivity index (χ0n) is 15.6. The number of carbonyl (C=O) groups excluding carboxylic acids is 2. The van der Waals surface area contributed by atoms with Crippen molar-refractivity contribution in [3.63, 3.8) is 0 Å². The first kappa shape index (κ1) is 19.4. The van der Waals surface area contributed by atoms with Crippen molar-refractivity contribution in [1.82, 2.24) is 25.4 Å². The maximum atomic E-state index is 12.3. The number of thioether (sulfide) groups is 1. The van der Waals surface area contributed by atoms with E-state index in [0.717, 1.165) is 12.8 Å². The van der Waals surface area contributed by atoms with Gasteiger partial charge in [0.25, 0.3) is 5.91 Å². The summed E-state index contributed by atoms with van der Waals surface area (Å²) in [4.78, 5) is 24.4. The predicted molar refractivity (Wildman–Crippen MR) is 104 cm³/mol. The second-order valence-corrected chi connectivity index (χ2v) is 7.74. The number of hydrogen-bond acceptors (Lipinski definition) is 5. The predicted octanol–water partition coefficient (Wildman–Crippen LogP) is 2.46. The Bertz CT molecular complexity index is 787. The molecule has 0 spiro atoms. The van der Waals surface area contributed by atoms with Crippen LogP contribution in [0.4, 0.5) is 0 Å². The summed E-state index contributed by atoms with van der Waals surface area (Å²) >= 11 is 1.36. The van der Waals surface area contributed by atoms with Gasteiger partial charge in [-0.1, -0.05) is 42.8 Å². The van der Waals surface area contributed by atoms with Crippen molar-refractivity contribution in [2.75, 3.05) is 5.75 Å². The minimum absolute atomic E-state index is 0.0295. The van der Waals surface area contributed by atoms with Crippen molar-refractivity contribution in [3.05, 3.63) is 41.7 Å². The molecular formula is C19H25N5O2S. The summed E-state index contributed by atoms with van der Waals surface area (Å²) in [5.41, 5.74) is 0.602. The molecule has 1 heterocycles. The average molecular weight is 388 g/mol. The van der Waals surface area contributed by atoms with Gasteiger partial charge in [0, 0.05) is 18.7 Å². The number of hydrogen-bond donors (Lipinski definition) is 2. The summed E-state index contributed by atoms with van der Waals surface area (Å²) in [5.74, 6) is 0.837. The Morgan fingerprint density at radius 3 is 2.63 bits per heavy atom. The molecule has 27 heavy (non-hydrogen) atoms. The highest BCUT2D eigenvalue weighted by Gasteiger charge is 2.20. The van der Waals surface area contributed by atoms with E-state index >= 15 is 0 Å². The lowest BCUT2D eigenvalue weighted by molar-refractivity contribution is -0.119. The lowest BCUT2D eigenvalue weighted by atomic mass is 10.2. The first-order valence-electron chi connectivity index (χ1n) is 9.22. The molecule has 1 aromatic carbocycles. The monoisotopic (exact) mass is 387 g/mol. The first-order valence-corrected chi connectivity index (χ1v) is 10.2. The Labute approximate surface area is 163 Å². The summed E-state index contributed by atoms with van der Waals surface area (Å²) < 4.78 is 1.82. The molecule has 0 bridgehead atoms. The molecule has 0 saturated heterocycles. The summed E-state index contributed by atoms with van der Waals surface area (Å²) in [5, 5.41) is 15.0. The Hall–Kier alpha value is -2.35. The highest BCUT2D eigenvalue weighted by Crippen LogP contribution is 2.21. The van der Waals surface area contributed by atoms with Crippen LogP contribution in [0.25, 0.3) is 0 Å². The van der Waals surface area contributed by atoms with E-state index in [2.05, 4.69) is 20.8 Å². The molecule has 2 amide bonds. The molecule has 1 aliphatic carbocycles. The van der Waals surface area contributed by atoms with Gasteiger partial charge in [0.15, 0.2) is 11.0 Å². The fourth-order valence-electron chi connectivity index (χ4n) is 3.23. The van der Waals surface area contributed by atoms with E-state index in [1.165, 1.54) is 24.6 Å². The lowest BCUT2D eigenvalue weighted by Gasteiger charge is -2.14. The van der Waals surface area contributed by atoms with E-state index in [1.54, 1.807) is 12.1 Å². The average Bonchev–Trinajstić information content (AvgIpc) is 3.30. The van der Waals surface area contributed by atoms with Crippen molar-refractivity contribution in [3.8, 4) is 0 Å². The maximum Gasteiger partial charge on any atom is 0.251 e. The standard InChI is InChI=1S/C19H25N5O2S/c1-13(20-18(26)14-8-4-3-5-9-14)17-22-23-19(24(17)2)27-12-16(25)21-15-10-6-7-11-15/h3-5,8-9,13,15H,6-7,10-12H2,1-2H3,(H,20,26)(H,21,25)/t13-/m1/s1. The fourth-order valence-corrected chi connectivity index (χ4v) is 3.96. The molecule has 7 nitrogen and oxygen atoms in total. The Kier molecular flexibility index (Phi) is 6.49.